The van der Waals surface area contributed by atoms with Gasteiger partial charge in [-0.25, -0.2) is 9.78 Å². The molecule has 0 aliphatic carbocycles. The minimum Gasteiger partial charge on any atom is -0.497 e. The van der Waals surface area contributed by atoms with Crippen LogP contribution >= 0.6 is 11.3 Å². The quantitative estimate of drug-likeness (QED) is 0.446. The van der Waals surface area contributed by atoms with Gasteiger partial charge in [0.2, 0.25) is 0 Å². The Labute approximate surface area is 145 Å². The van der Waals surface area contributed by atoms with Crippen LogP contribution in [0.25, 0.3) is 0 Å². The highest BCUT2D eigenvalue weighted by Crippen LogP contribution is 2.25. The number of aromatic nitrogens is 1. The number of esters is 1. The van der Waals surface area contributed by atoms with E-state index in [4.69, 9.17) is 14.2 Å². The summed E-state index contributed by atoms with van der Waals surface area (Å²) in [6.07, 6.45) is 1.02. The first-order chi connectivity index (χ1) is 11.9. The van der Waals surface area contributed by atoms with Gasteiger partial charge in [-0.1, -0.05) is 0 Å². The molecule has 11 heteroatoms. The largest absolute Gasteiger partial charge is 0.497 e. The second-order valence-corrected chi connectivity index (χ2v) is 5.50. The Hall–Kier alpha value is -3.21. The predicted molar refractivity (Wildman–Crippen MR) is 87.2 cm³/mol. The van der Waals surface area contributed by atoms with Crippen molar-refractivity contribution in [1.82, 2.24) is 4.98 Å². The standard InChI is InChI=1S/C14H13N3O7S/c1-22-9-3-8(4-10(5-9)23-2)13(19)24-7-11(18)16-14-15-6-12(25-14)17(20)21/h3-6H,7H2,1-2H3,(H,15,16,18). The van der Waals surface area contributed by atoms with Crippen molar-refractivity contribution in [1.29, 1.82) is 0 Å². The van der Waals surface area contributed by atoms with Crippen LogP contribution in [0.15, 0.2) is 24.4 Å². The molecule has 2 rings (SSSR count). The summed E-state index contributed by atoms with van der Waals surface area (Å²) >= 11 is 0.694. The zero-order valence-electron chi connectivity index (χ0n) is 13.2. The Kier molecular flexibility index (Phi) is 5.84. The number of anilines is 1. The van der Waals surface area contributed by atoms with Gasteiger partial charge < -0.3 is 14.2 Å². The van der Waals surface area contributed by atoms with Crippen LogP contribution in [-0.2, 0) is 9.53 Å². The van der Waals surface area contributed by atoms with Crippen LogP contribution in [0.2, 0.25) is 0 Å². The Morgan fingerprint density at radius 2 is 1.88 bits per heavy atom. The molecule has 0 saturated carbocycles. The van der Waals surface area contributed by atoms with Gasteiger partial charge in [-0.3, -0.25) is 20.2 Å². The van der Waals surface area contributed by atoms with E-state index >= 15 is 0 Å². The zero-order chi connectivity index (χ0) is 18.4. The molecule has 1 amide bonds. The van der Waals surface area contributed by atoms with Crippen LogP contribution in [-0.4, -0.2) is 42.6 Å². The van der Waals surface area contributed by atoms with E-state index in [2.05, 4.69) is 10.3 Å². The van der Waals surface area contributed by atoms with Crippen LogP contribution in [0.1, 0.15) is 10.4 Å². The number of hydrogen-bond acceptors (Lipinski definition) is 9. The molecule has 1 aromatic carbocycles. The van der Waals surface area contributed by atoms with E-state index < -0.39 is 23.4 Å². The van der Waals surface area contributed by atoms with Crippen LogP contribution in [0, 0.1) is 10.1 Å². The van der Waals surface area contributed by atoms with E-state index in [9.17, 15) is 19.7 Å². The van der Waals surface area contributed by atoms with Crippen LogP contribution in [0.3, 0.4) is 0 Å². The molecule has 0 unspecified atom stereocenters. The fraction of sp³-hybridized carbons (Fsp3) is 0.214. The molecule has 0 aliphatic heterocycles. The number of nitrogens with one attached hydrogen (secondary N) is 1. The van der Waals surface area contributed by atoms with Crippen LogP contribution in [0.4, 0.5) is 10.1 Å². The molecule has 25 heavy (non-hydrogen) atoms. The minimum atomic E-state index is -0.752. The average Bonchev–Trinajstić information content (AvgIpc) is 3.07. The van der Waals surface area contributed by atoms with Gasteiger partial charge in [-0.05, 0) is 23.5 Å². The number of rotatable bonds is 7. The van der Waals surface area contributed by atoms with E-state index in [1.54, 1.807) is 6.07 Å². The summed E-state index contributed by atoms with van der Waals surface area (Å²) in [5, 5.41) is 12.7. The topological polar surface area (TPSA) is 130 Å². The number of methoxy groups -OCH3 is 2. The lowest BCUT2D eigenvalue weighted by Gasteiger charge is -2.08. The van der Waals surface area contributed by atoms with E-state index in [1.807, 2.05) is 0 Å². The monoisotopic (exact) mass is 367 g/mol. The highest BCUT2D eigenvalue weighted by atomic mass is 32.1. The molecule has 0 fully saturated rings. The van der Waals surface area contributed by atoms with Crippen LogP contribution in [0.5, 0.6) is 11.5 Å². The van der Waals surface area contributed by atoms with Gasteiger partial charge >= 0.3 is 11.0 Å². The molecule has 10 nitrogen and oxygen atoms in total. The van der Waals surface area contributed by atoms with E-state index in [0.717, 1.165) is 6.20 Å². The number of nitrogens with zero attached hydrogens (tertiary/aromatic N) is 2. The lowest BCUT2D eigenvalue weighted by molar-refractivity contribution is -0.380. The van der Waals surface area contributed by atoms with Crippen molar-refractivity contribution in [3.63, 3.8) is 0 Å². The second kappa shape index (κ2) is 8.06. The van der Waals surface area contributed by atoms with Gasteiger partial charge in [0.05, 0.1) is 24.7 Å². The molecular weight excluding hydrogens is 354 g/mol. The smallest absolute Gasteiger partial charge is 0.345 e. The fourth-order valence-electron chi connectivity index (χ4n) is 1.70. The van der Waals surface area contributed by atoms with Gasteiger partial charge in [0.15, 0.2) is 11.7 Å². The lowest BCUT2D eigenvalue weighted by atomic mass is 10.2. The first kappa shape index (κ1) is 18.1. The maximum absolute atomic E-state index is 12.0. The summed E-state index contributed by atoms with van der Waals surface area (Å²) in [5.41, 5.74) is 0.147. The molecule has 0 radical (unpaired) electrons. The maximum Gasteiger partial charge on any atom is 0.345 e. The second-order valence-electron chi connectivity index (χ2n) is 4.49. The van der Waals surface area contributed by atoms with Crippen molar-refractivity contribution in [3.05, 3.63) is 40.1 Å². The minimum absolute atomic E-state index is 0.0378. The molecule has 0 aliphatic rings. The van der Waals surface area contributed by atoms with Crippen molar-refractivity contribution in [3.8, 4) is 11.5 Å². The van der Waals surface area contributed by atoms with E-state index in [0.29, 0.717) is 22.8 Å². The molecule has 0 bridgehead atoms. The van der Waals surface area contributed by atoms with Crippen molar-refractivity contribution in [2.24, 2.45) is 0 Å². The predicted octanol–water partition coefficient (Wildman–Crippen LogP) is 1.86. The summed E-state index contributed by atoms with van der Waals surface area (Å²) in [6.45, 7) is -0.578. The summed E-state index contributed by atoms with van der Waals surface area (Å²) < 4.78 is 15.0. The number of amides is 1. The van der Waals surface area contributed by atoms with E-state index in [-0.39, 0.29) is 15.7 Å². The number of ether oxygens (including phenoxy) is 3. The molecule has 2 aromatic rings. The maximum atomic E-state index is 12.0. The third kappa shape index (κ3) is 4.88. The lowest BCUT2D eigenvalue weighted by Crippen LogP contribution is -2.20. The van der Waals surface area contributed by atoms with Gasteiger partial charge in [-0.2, -0.15) is 0 Å². The molecular formula is C14H13N3O7S. The summed E-state index contributed by atoms with van der Waals surface area (Å²) in [5.74, 6) is -0.637. The summed E-state index contributed by atoms with van der Waals surface area (Å²) in [6, 6.07) is 4.46. The van der Waals surface area contributed by atoms with Gasteiger partial charge in [0.25, 0.3) is 5.91 Å². The Morgan fingerprint density at radius 3 is 2.40 bits per heavy atom. The highest BCUT2D eigenvalue weighted by molar-refractivity contribution is 7.18. The number of nitro groups is 1. The Bertz CT molecular complexity index is 783. The third-order valence-electron chi connectivity index (χ3n) is 2.84. The van der Waals surface area contributed by atoms with Crippen molar-refractivity contribution >= 4 is 33.3 Å². The Balaban J connectivity index is 1.94. The number of carbonyl (C=O) groups excluding carboxylic acids is 2. The van der Waals surface area contributed by atoms with Gasteiger partial charge in [0.1, 0.15) is 17.7 Å². The van der Waals surface area contributed by atoms with Crippen molar-refractivity contribution in [2.75, 3.05) is 26.1 Å². The number of thiazole rings is 1. The molecule has 0 atom stereocenters. The fourth-order valence-corrected chi connectivity index (χ4v) is 2.35. The normalized spacial score (nSPS) is 10.0. The van der Waals surface area contributed by atoms with E-state index in [1.165, 1.54) is 26.4 Å². The molecule has 1 heterocycles. The molecule has 1 aromatic heterocycles. The number of benzene rings is 1. The molecule has 132 valence electrons. The zero-order valence-corrected chi connectivity index (χ0v) is 14.0. The first-order valence-corrected chi connectivity index (χ1v) is 7.55. The van der Waals surface area contributed by atoms with Gasteiger partial charge in [-0.15, -0.1) is 0 Å². The van der Waals surface area contributed by atoms with Gasteiger partial charge in [0, 0.05) is 6.07 Å². The van der Waals surface area contributed by atoms with Crippen LogP contribution < -0.4 is 14.8 Å². The molecule has 1 N–H and O–H groups in total. The molecule has 0 saturated heterocycles. The van der Waals surface area contributed by atoms with Crippen molar-refractivity contribution < 1.29 is 28.7 Å². The molecule has 0 spiro atoms. The number of hydrogen-bond donors (Lipinski definition) is 1. The highest BCUT2D eigenvalue weighted by Gasteiger charge is 2.16. The Morgan fingerprint density at radius 1 is 1.24 bits per heavy atom. The number of carbonyl (C=O) groups is 2. The summed E-state index contributed by atoms with van der Waals surface area (Å²) in [7, 11) is 2.87. The first-order valence-electron chi connectivity index (χ1n) is 6.73. The summed E-state index contributed by atoms with van der Waals surface area (Å²) in [4.78, 5) is 37.4. The third-order valence-corrected chi connectivity index (χ3v) is 3.71. The average molecular weight is 367 g/mol. The SMILES string of the molecule is COc1cc(OC)cc(C(=O)OCC(=O)Nc2ncc([N+](=O)[O-])s2)c1. The van der Waals surface area contributed by atoms with Crippen molar-refractivity contribution in [2.45, 2.75) is 0 Å².